The molecule has 18 heavy (non-hydrogen) atoms. The van der Waals surface area contributed by atoms with E-state index in [1.165, 1.54) is 0 Å². The molecular formula is C13H21NO3S. The zero-order valence-corrected chi connectivity index (χ0v) is 11.7. The lowest BCUT2D eigenvalue weighted by molar-refractivity contribution is -0.0868. The molecule has 2 fully saturated rings. The Morgan fingerprint density at radius 2 is 2.17 bits per heavy atom. The van der Waals surface area contributed by atoms with Crippen molar-refractivity contribution in [3.8, 4) is 6.07 Å². The quantitative estimate of drug-likeness (QED) is 0.828. The summed E-state index contributed by atoms with van der Waals surface area (Å²) >= 11 is 0. The molecule has 1 saturated heterocycles. The number of nitriles is 1. The fraction of sp³-hybridized carbons (Fsp3) is 0.923. The second-order valence-corrected chi connectivity index (χ2v) is 8.12. The monoisotopic (exact) mass is 271 g/mol. The SMILES string of the molecule is CCC1CCCC(O)(C2(C#N)CCS(=O)(=O)C2)C1. The van der Waals surface area contributed by atoms with Crippen molar-refractivity contribution in [1.29, 1.82) is 5.26 Å². The van der Waals surface area contributed by atoms with Crippen LogP contribution in [0, 0.1) is 22.7 Å². The highest BCUT2D eigenvalue weighted by Crippen LogP contribution is 2.50. The molecule has 1 N–H and O–H groups in total. The van der Waals surface area contributed by atoms with Crippen LogP contribution in [0.1, 0.15) is 45.4 Å². The highest BCUT2D eigenvalue weighted by Gasteiger charge is 2.57. The Balaban J connectivity index is 2.30. The average molecular weight is 271 g/mol. The van der Waals surface area contributed by atoms with Gasteiger partial charge in [-0.05, 0) is 25.2 Å². The van der Waals surface area contributed by atoms with Crippen molar-refractivity contribution < 1.29 is 13.5 Å². The molecule has 0 aromatic rings. The van der Waals surface area contributed by atoms with Crippen LogP contribution in [0.3, 0.4) is 0 Å². The van der Waals surface area contributed by atoms with Crippen molar-refractivity contribution in [3.05, 3.63) is 0 Å². The summed E-state index contributed by atoms with van der Waals surface area (Å²) in [5.74, 6) is 0.292. The van der Waals surface area contributed by atoms with E-state index in [4.69, 9.17) is 0 Å². The van der Waals surface area contributed by atoms with Crippen LogP contribution in [-0.4, -0.2) is 30.6 Å². The number of rotatable bonds is 2. The van der Waals surface area contributed by atoms with Crippen LogP contribution < -0.4 is 0 Å². The molecule has 1 aliphatic heterocycles. The Bertz CT molecular complexity index is 467. The smallest absolute Gasteiger partial charge is 0.152 e. The summed E-state index contributed by atoms with van der Waals surface area (Å²) in [7, 11) is -3.16. The lowest BCUT2D eigenvalue weighted by atomic mass is 9.63. The van der Waals surface area contributed by atoms with Crippen molar-refractivity contribution in [2.45, 2.75) is 51.0 Å². The fourth-order valence-corrected chi connectivity index (χ4v) is 5.59. The van der Waals surface area contributed by atoms with E-state index in [1.54, 1.807) is 0 Å². The van der Waals surface area contributed by atoms with Gasteiger partial charge in [-0.25, -0.2) is 8.42 Å². The van der Waals surface area contributed by atoms with Crippen molar-refractivity contribution >= 4 is 9.84 Å². The number of nitrogens with zero attached hydrogens (tertiary/aromatic N) is 1. The summed E-state index contributed by atoms with van der Waals surface area (Å²) in [6.45, 7) is 2.08. The zero-order chi connectivity index (χ0) is 13.4. The number of hydrogen-bond acceptors (Lipinski definition) is 4. The first kappa shape index (κ1) is 13.8. The Kier molecular flexibility index (Phi) is 3.46. The molecule has 0 radical (unpaired) electrons. The molecule has 102 valence electrons. The van der Waals surface area contributed by atoms with E-state index in [2.05, 4.69) is 13.0 Å². The molecule has 0 aromatic carbocycles. The summed E-state index contributed by atoms with van der Waals surface area (Å²) in [4.78, 5) is 0. The van der Waals surface area contributed by atoms with Crippen molar-refractivity contribution in [3.63, 3.8) is 0 Å². The number of hydrogen-bond donors (Lipinski definition) is 1. The van der Waals surface area contributed by atoms with Gasteiger partial charge in [0.25, 0.3) is 0 Å². The van der Waals surface area contributed by atoms with E-state index in [0.717, 1.165) is 19.3 Å². The molecule has 1 aliphatic carbocycles. The van der Waals surface area contributed by atoms with Crippen LogP contribution in [0.15, 0.2) is 0 Å². The molecule has 0 amide bonds. The minimum absolute atomic E-state index is 0.0413. The first-order valence-corrected chi connectivity index (χ1v) is 8.53. The fourth-order valence-electron chi connectivity index (χ4n) is 3.56. The van der Waals surface area contributed by atoms with E-state index in [9.17, 15) is 18.8 Å². The highest BCUT2D eigenvalue weighted by molar-refractivity contribution is 7.91. The number of sulfone groups is 1. The molecule has 0 bridgehead atoms. The Morgan fingerprint density at radius 3 is 2.67 bits per heavy atom. The Labute approximate surface area is 109 Å². The van der Waals surface area contributed by atoms with Crippen molar-refractivity contribution in [2.24, 2.45) is 11.3 Å². The first-order valence-electron chi connectivity index (χ1n) is 6.70. The Hall–Kier alpha value is -0.600. The van der Waals surface area contributed by atoms with E-state index < -0.39 is 20.9 Å². The lowest BCUT2D eigenvalue weighted by Gasteiger charge is -2.45. The normalized spacial score (nSPS) is 43.5. The molecule has 2 aliphatic rings. The third-order valence-corrected chi connectivity index (χ3v) is 6.58. The van der Waals surface area contributed by atoms with Gasteiger partial charge in [0.1, 0.15) is 5.41 Å². The molecule has 0 aromatic heterocycles. The van der Waals surface area contributed by atoms with Crippen molar-refractivity contribution in [2.75, 3.05) is 11.5 Å². The molecule has 5 heteroatoms. The van der Waals surface area contributed by atoms with Crippen LogP contribution in [0.2, 0.25) is 0 Å². The summed E-state index contributed by atoms with van der Waals surface area (Å²) < 4.78 is 23.4. The molecule has 3 atom stereocenters. The van der Waals surface area contributed by atoms with E-state index in [1.807, 2.05) is 0 Å². The maximum atomic E-state index is 11.7. The summed E-state index contributed by atoms with van der Waals surface area (Å²) in [5, 5.41) is 20.3. The van der Waals surface area contributed by atoms with Gasteiger partial charge in [0, 0.05) is 0 Å². The highest BCUT2D eigenvalue weighted by atomic mass is 32.2. The van der Waals surface area contributed by atoms with Crippen LogP contribution >= 0.6 is 0 Å². The molecule has 4 nitrogen and oxygen atoms in total. The van der Waals surface area contributed by atoms with Crippen molar-refractivity contribution in [1.82, 2.24) is 0 Å². The second-order valence-electron chi connectivity index (χ2n) is 5.94. The summed E-state index contributed by atoms with van der Waals surface area (Å²) in [5.41, 5.74) is -2.18. The zero-order valence-electron chi connectivity index (χ0n) is 10.9. The third-order valence-electron chi connectivity index (χ3n) is 4.82. The van der Waals surface area contributed by atoms with Gasteiger partial charge in [0.15, 0.2) is 9.84 Å². The van der Waals surface area contributed by atoms with Crippen LogP contribution in [0.25, 0.3) is 0 Å². The molecule has 1 saturated carbocycles. The van der Waals surface area contributed by atoms with E-state index in [0.29, 0.717) is 25.2 Å². The third kappa shape index (κ3) is 2.17. The predicted molar refractivity (Wildman–Crippen MR) is 68.5 cm³/mol. The largest absolute Gasteiger partial charge is 0.388 e. The van der Waals surface area contributed by atoms with E-state index in [-0.39, 0.29) is 11.5 Å². The molecule has 1 heterocycles. The number of aliphatic hydroxyl groups is 1. The van der Waals surface area contributed by atoms with Crippen LogP contribution in [0.4, 0.5) is 0 Å². The molecule has 2 rings (SSSR count). The van der Waals surface area contributed by atoms with Gasteiger partial charge < -0.3 is 5.11 Å². The average Bonchev–Trinajstić information content (AvgIpc) is 2.67. The first-order chi connectivity index (χ1) is 8.36. The molecule has 0 spiro atoms. The van der Waals surface area contributed by atoms with Gasteiger partial charge in [0.05, 0.1) is 23.2 Å². The second kappa shape index (κ2) is 4.50. The van der Waals surface area contributed by atoms with Gasteiger partial charge in [-0.15, -0.1) is 0 Å². The molecule has 3 unspecified atom stereocenters. The van der Waals surface area contributed by atoms with Crippen LogP contribution in [-0.2, 0) is 9.84 Å². The lowest BCUT2D eigenvalue weighted by Crippen LogP contribution is -2.51. The summed E-state index contributed by atoms with van der Waals surface area (Å²) in [6, 6.07) is 2.16. The van der Waals surface area contributed by atoms with Gasteiger partial charge in [-0.3, -0.25) is 0 Å². The van der Waals surface area contributed by atoms with E-state index >= 15 is 0 Å². The van der Waals surface area contributed by atoms with Gasteiger partial charge in [0.2, 0.25) is 0 Å². The maximum Gasteiger partial charge on any atom is 0.152 e. The van der Waals surface area contributed by atoms with Gasteiger partial charge in [-0.1, -0.05) is 26.2 Å². The van der Waals surface area contributed by atoms with Gasteiger partial charge in [-0.2, -0.15) is 5.26 Å². The minimum Gasteiger partial charge on any atom is -0.388 e. The van der Waals surface area contributed by atoms with Crippen LogP contribution in [0.5, 0.6) is 0 Å². The maximum absolute atomic E-state index is 11.7. The molecular weight excluding hydrogens is 250 g/mol. The standard InChI is InChI=1S/C13H21NO3S/c1-2-11-4-3-5-13(15,8-11)12(9-14)6-7-18(16,17)10-12/h11,15H,2-8,10H2,1H3. The summed E-state index contributed by atoms with van der Waals surface area (Å²) in [6.07, 6.45) is 4.38. The topological polar surface area (TPSA) is 78.2 Å². The minimum atomic E-state index is -3.16. The Morgan fingerprint density at radius 1 is 1.44 bits per heavy atom. The van der Waals surface area contributed by atoms with Gasteiger partial charge >= 0.3 is 0 Å². The predicted octanol–water partition coefficient (Wildman–Crippen LogP) is 1.65.